The van der Waals surface area contributed by atoms with Crippen molar-refractivity contribution in [2.24, 2.45) is 0 Å². The summed E-state index contributed by atoms with van der Waals surface area (Å²) in [5, 5.41) is -2.58. The summed E-state index contributed by atoms with van der Waals surface area (Å²) >= 11 is 10.4. The number of nitrogens with zero attached hydrogens (tertiary/aromatic N) is 2. The van der Waals surface area contributed by atoms with E-state index in [9.17, 15) is 13.2 Å². The molecule has 0 spiro atoms. The second-order valence-corrected chi connectivity index (χ2v) is 12.2. The van der Waals surface area contributed by atoms with Crippen molar-refractivity contribution in [3.63, 3.8) is 0 Å². The summed E-state index contributed by atoms with van der Waals surface area (Å²) in [7, 11) is -4.16. The van der Waals surface area contributed by atoms with E-state index in [1.54, 1.807) is 12.1 Å². The predicted octanol–water partition coefficient (Wildman–Crippen LogP) is 5.40. The van der Waals surface area contributed by atoms with Crippen LogP contribution in [0.2, 0.25) is 5.02 Å². The predicted molar refractivity (Wildman–Crippen MR) is 128 cm³/mol. The van der Waals surface area contributed by atoms with Crippen LogP contribution in [0, 0.1) is 0 Å². The Bertz CT molecular complexity index is 1270. The molecule has 4 rings (SSSR count). The summed E-state index contributed by atoms with van der Waals surface area (Å²) in [5.41, 5.74) is 1.28. The number of hydrogen-bond donors (Lipinski definition) is 0. The first-order valence-electron chi connectivity index (χ1n) is 9.79. The van der Waals surface area contributed by atoms with Crippen LogP contribution in [0.1, 0.15) is 38.6 Å². The number of aromatic nitrogens is 1. The van der Waals surface area contributed by atoms with Crippen LogP contribution in [-0.2, 0) is 14.8 Å². The third-order valence-electron chi connectivity index (χ3n) is 5.54. The van der Waals surface area contributed by atoms with E-state index in [1.807, 2.05) is 37.3 Å². The lowest BCUT2D eigenvalue weighted by Gasteiger charge is -2.35. The molecule has 1 fully saturated rings. The summed E-state index contributed by atoms with van der Waals surface area (Å²) in [6, 6.07) is 14.3. The van der Waals surface area contributed by atoms with Crippen molar-refractivity contribution >= 4 is 54.6 Å². The van der Waals surface area contributed by atoms with Crippen molar-refractivity contribution in [3.05, 3.63) is 85.2 Å². The Morgan fingerprint density at radius 2 is 2.00 bits per heavy atom. The van der Waals surface area contributed by atoms with Crippen molar-refractivity contribution in [1.82, 2.24) is 9.88 Å². The molecule has 1 amide bonds. The summed E-state index contributed by atoms with van der Waals surface area (Å²) in [5.74, 6) is -1.03. The van der Waals surface area contributed by atoms with E-state index in [2.05, 4.69) is 20.9 Å². The van der Waals surface area contributed by atoms with Gasteiger partial charge in [-0.1, -0.05) is 48.9 Å². The monoisotopic (exact) mass is 556 g/mol. The van der Waals surface area contributed by atoms with Gasteiger partial charge in [0.2, 0.25) is 0 Å². The van der Waals surface area contributed by atoms with Gasteiger partial charge in [0, 0.05) is 33.6 Å². The summed E-state index contributed by atoms with van der Waals surface area (Å²) in [4.78, 5) is 19.1. The van der Waals surface area contributed by atoms with Gasteiger partial charge in [0.15, 0.2) is 9.84 Å². The second kappa shape index (κ2) is 8.85. The van der Waals surface area contributed by atoms with Crippen LogP contribution in [0.3, 0.4) is 0 Å². The van der Waals surface area contributed by atoms with Gasteiger partial charge in [0.1, 0.15) is 5.01 Å². The average molecular weight is 558 g/mol. The second-order valence-electron chi connectivity index (χ2n) is 7.60. The Hall–Kier alpha value is -1.81. The summed E-state index contributed by atoms with van der Waals surface area (Å²) in [6.45, 7) is 1.24. The first-order valence-corrected chi connectivity index (χ1v) is 13.4. The fourth-order valence-corrected chi connectivity index (χ4v) is 6.92. The van der Waals surface area contributed by atoms with E-state index < -0.39 is 33.0 Å². The van der Waals surface area contributed by atoms with E-state index in [4.69, 9.17) is 11.6 Å². The number of carbonyl (C=O) groups is 1. The number of rotatable bonds is 4. The SMILES string of the molecule is C[C@H](c1ccccc1)c1cnc([C@@]2(F)CN(C(=O)c3ccc(Br)c(Cl)c3)CCS2(=O)=O)s1. The molecule has 0 N–H and O–H groups in total. The van der Waals surface area contributed by atoms with Gasteiger partial charge in [-0.15, -0.1) is 11.3 Å². The maximum atomic E-state index is 16.2. The maximum absolute atomic E-state index is 16.2. The first kappa shape index (κ1) is 23.4. The standard InChI is InChI=1S/C22H19BrClFN2O3S2/c1-14(15-5-3-2-4-6-15)19-12-26-21(31-19)22(25)13-27(9-10-32(22,29)30)20(28)16-7-8-17(23)18(24)11-16/h2-8,11-12,14H,9-10,13H2,1H3/t14-,22-/m1/s1. The van der Waals surface area contributed by atoms with E-state index in [0.29, 0.717) is 9.50 Å². The number of amides is 1. The maximum Gasteiger partial charge on any atom is 0.278 e. The molecule has 0 bridgehead atoms. The van der Waals surface area contributed by atoms with Crippen molar-refractivity contribution in [1.29, 1.82) is 0 Å². The molecule has 10 heteroatoms. The molecule has 0 unspecified atom stereocenters. The van der Waals surface area contributed by atoms with E-state index >= 15 is 4.39 Å². The first-order chi connectivity index (χ1) is 15.1. The Morgan fingerprint density at radius 1 is 1.28 bits per heavy atom. The minimum absolute atomic E-state index is 0.0695. The number of thiazole rings is 1. The summed E-state index contributed by atoms with van der Waals surface area (Å²) in [6.07, 6.45) is 1.52. The van der Waals surface area contributed by atoms with Crippen molar-refractivity contribution in [2.75, 3.05) is 18.8 Å². The summed E-state index contributed by atoms with van der Waals surface area (Å²) < 4.78 is 42.4. The highest BCUT2D eigenvalue weighted by Gasteiger charge is 2.53. The highest BCUT2D eigenvalue weighted by atomic mass is 79.9. The molecule has 1 aliphatic rings. The zero-order chi connectivity index (χ0) is 23.1. The van der Waals surface area contributed by atoms with Gasteiger partial charge >= 0.3 is 0 Å². The molecular weight excluding hydrogens is 539 g/mol. The molecule has 0 saturated carbocycles. The number of carbonyl (C=O) groups excluding carboxylic acids is 1. The van der Waals surface area contributed by atoms with E-state index in [0.717, 1.165) is 21.8 Å². The van der Waals surface area contributed by atoms with E-state index in [1.165, 1.54) is 17.2 Å². The molecule has 5 nitrogen and oxygen atoms in total. The number of halogens is 3. The fourth-order valence-electron chi connectivity index (χ4n) is 3.57. The zero-order valence-corrected chi connectivity index (χ0v) is 20.9. The molecule has 2 atom stereocenters. The van der Waals surface area contributed by atoms with Crippen LogP contribution in [0.15, 0.2) is 59.2 Å². The zero-order valence-electron chi connectivity index (χ0n) is 17.0. The molecule has 2 heterocycles. The third-order valence-corrected chi connectivity index (χ3v) is 10.2. The third kappa shape index (κ3) is 4.23. The van der Waals surface area contributed by atoms with Crippen molar-refractivity contribution in [2.45, 2.75) is 17.8 Å². The van der Waals surface area contributed by atoms with Crippen LogP contribution >= 0.6 is 38.9 Å². The lowest BCUT2D eigenvalue weighted by Crippen LogP contribution is -2.53. The van der Waals surface area contributed by atoms with Crippen LogP contribution in [0.25, 0.3) is 0 Å². The lowest BCUT2D eigenvalue weighted by molar-refractivity contribution is 0.0666. The van der Waals surface area contributed by atoms with Gasteiger partial charge in [-0.25, -0.2) is 17.8 Å². The van der Waals surface area contributed by atoms with Crippen LogP contribution in [-0.4, -0.2) is 43.1 Å². The molecule has 3 aromatic rings. The Labute approximate surface area is 203 Å². The molecule has 32 heavy (non-hydrogen) atoms. The number of hydrogen-bond acceptors (Lipinski definition) is 5. The van der Waals surface area contributed by atoms with Crippen LogP contribution in [0.4, 0.5) is 4.39 Å². The smallest absolute Gasteiger partial charge is 0.278 e. The van der Waals surface area contributed by atoms with Gasteiger partial charge in [-0.05, 0) is 39.7 Å². The topological polar surface area (TPSA) is 67.3 Å². The molecule has 0 radical (unpaired) electrons. The number of sulfone groups is 1. The lowest BCUT2D eigenvalue weighted by atomic mass is 10.0. The Balaban J connectivity index is 1.64. The van der Waals surface area contributed by atoms with Crippen LogP contribution in [0.5, 0.6) is 0 Å². The van der Waals surface area contributed by atoms with E-state index in [-0.39, 0.29) is 23.0 Å². The number of alkyl halides is 1. The quantitative estimate of drug-likeness (QED) is 0.431. The molecule has 1 aliphatic heterocycles. The Morgan fingerprint density at radius 3 is 2.69 bits per heavy atom. The van der Waals surface area contributed by atoms with Crippen molar-refractivity contribution < 1.29 is 17.6 Å². The fraction of sp³-hybridized carbons (Fsp3) is 0.273. The molecule has 1 aromatic heterocycles. The Kier molecular flexibility index (Phi) is 6.46. The van der Waals surface area contributed by atoms with Gasteiger partial charge in [-0.2, -0.15) is 0 Å². The van der Waals surface area contributed by atoms with Gasteiger partial charge in [0.05, 0.1) is 17.3 Å². The van der Waals surface area contributed by atoms with Gasteiger partial charge in [-0.3, -0.25) is 4.79 Å². The molecule has 0 aliphatic carbocycles. The minimum atomic E-state index is -4.16. The van der Waals surface area contributed by atoms with Crippen molar-refractivity contribution in [3.8, 4) is 0 Å². The molecule has 168 valence electrons. The largest absolute Gasteiger partial charge is 0.333 e. The van der Waals surface area contributed by atoms with Crippen LogP contribution < -0.4 is 0 Å². The minimum Gasteiger partial charge on any atom is -0.333 e. The normalized spacial score (nSPS) is 21.3. The molecule has 1 saturated heterocycles. The molecular formula is C22H19BrClFN2O3S2. The highest BCUT2D eigenvalue weighted by Crippen LogP contribution is 2.41. The van der Waals surface area contributed by atoms with Gasteiger partial charge in [0.25, 0.3) is 10.9 Å². The molecule has 2 aromatic carbocycles. The van der Waals surface area contributed by atoms with Gasteiger partial charge < -0.3 is 4.90 Å². The average Bonchev–Trinajstić information content (AvgIpc) is 3.28. The number of benzene rings is 2. The highest BCUT2D eigenvalue weighted by molar-refractivity contribution is 9.10.